The standard InChI is InChI=1S/C35H54O9/c1-17-23-19(43-35(26(17)39)28(44-35)30(4,5)40)14-32(7)21-9-8-20-29(2,3)22(42-27-25(38)24(37)18(36)15-41-27)10-11-33(20)16-34(21,33)13-12-31(23,32)6/h9,17-20,22-28,36-40H,8,10-16H2,1-7H3. The third kappa shape index (κ3) is 3.47. The molecule has 3 heterocycles. The first kappa shape index (κ1) is 30.7. The molecule has 7 fully saturated rings. The predicted octanol–water partition coefficient (Wildman–Crippen LogP) is 3.04. The zero-order chi connectivity index (χ0) is 31.6. The molecule has 3 saturated heterocycles. The second kappa shape index (κ2) is 8.88. The van der Waals surface area contributed by atoms with Crippen molar-refractivity contribution in [1.82, 2.24) is 0 Å². The van der Waals surface area contributed by atoms with Crippen LogP contribution in [-0.4, -0.2) is 92.5 Å². The monoisotopic (exact) mass is 618 g/mol. The van der Waals surface area contributed by atoms with Gasteiger partial charge in [-0.25, -0.2) is 0 Å². The molecule has 9 heteroatoms. The number of hydrogen-bond donors (Lipinski definition) is 5. The first-order chi connectivity index (χ1) is 20.4. The lowest BCUT2D eigenvalue weighted by Gasteiger charge is -2.60. The quantitative estimate of drug-likeness (QED) is 0.238. The van der Waals surface area contributed by atoms with E-state index in [-0.39, 0.29) is 57.7 Å². The average molecular weight is 619 g/mol. The topological polar surface area (TPSA) is 141 Å². The smallest absolute Gasteiger partial charge is 0.225 e. The second-order valence-corrected chi connectivity index (χ2v) is 17.9. The van der Waals surface area contributed by atoms with Crippen LogP contribution in [0, 0.1) is 44.8 Å². The van der Waals surface area contributed by atoms with E-state index >= 15 is 0 Å². The minimum Gasteiger partial charge on any atom is -0.388 e. The Labute approximate surface area is 261 Å². The molecule has 3 aliphatic heterocycles. The number of allylic oxidation sites excluding steroid dienone is 2. The molecule has 0 bridgehead atoms. The maximum Gasteiger partial charge on any atom is 0.225 e. The van der Waals surface area contributed by atoms with Crippen molar-refractivity contribution < 1.29 is 44.5 Å². The van der Waals surface area contributed by atoms with E-state index in [0.29, 0.717) is 5.92 Å². The van der Waals surface area contributed by atoms with E-state index in [1.54, 1.807) is 19.4 Å². The number of hydrogen-bond acceptors (Lipinski definition) is 9. The van der Waals surface area contributed by atoms with Gasteiger partial charge in [0.15, 0.2) is 6.29 Å². The molecule has 0 radical (unpaired) electrons. The Hall–Kier alpha value is -0.620. The average Bonchev–Trinajstić information content (AvgIpc) is 3.81. The van der Waals surface area contributed by atoms with Gasteiger partial charge < -0.3 is 44.5 Å². The fourth-order valence-corrected chi connectivity index (χ4v) is 12.9. The molecule has 9 nitrogen and oxygen atoms in total. The predicted molar refractivity (Wildman–Crippen MR) is 159 cm³/mol. The lowest BCUT2D eigenvalue weighted by atomic mass is 9.45. The van der Waals surface area contributed by atoms with Crippen molar-refractivity contribution in [2.75, 3.05) is 6.61 Å². The summed E-state index contributed by atoms with van der Waals surface area (Å²) in [5.41, 5.74) is 0.701. The Kier molecular flexibility index (Phi) is 6.20. The van der Waals surface area contributed by atoms with Crippen molar-refractivity contribution in [3.63, 3.8) is 0 Å². The molecule has 0 aromatic carbocycles. The summed E-state index contributed by atoms with van der Waals surface area (Å²) in [5, 5.41) is 53.1. The molecule has 16 atom stereocenters. The summed E-state index contributed by atoms with van der Waals surface area (Å²) in [6.45, 7) is 15.1. The minimum absolute atomic E-state index is 0.00409. The third-order valence-corrected chi connectivity index (χ3v) is 15.3. The highest BCUT2D eigenvalue weighted by atomic mass is 16.8. The third-order valence-electron chi connectivity index (χ3n) is 15.3. The number of epoxide rings is 1. The van der Waals surface area contributed by atoms with Gasteiger partial charge in [-0.2, -0.15) is 0 Å². The lowest BCUT2D eigenvalue weighted by Crippen LogP contribution is -2.59. The summed E-state index contributed by atoms with van der Waals surface area (Å²) in [6, 6.07) is 0. The van der Waals surface area contributed by atoms with E-state index in [1.807, 2.05) is 0 Å². The van der Waals surface area contributed by atoms with E-state index < -0.39 is 48.2 Å². The first-order valence-corrected chi connectivity index (χ1v) is 17.2. The highest BCUT2D eigenvalue weighted by Gasteiger charge is 2.83. The van der Waals surface area contributed by atoms with E-state index in [9.17, 15) is 25.5 Å². The number of fused-ring (bicyclic) bond motifs is 4. The van der Waals surface area contributed by atoms with Crippen LogP contribution in [0.5, 0.6) is 0 Å². The first-order valence-electron chi connectivity index (χ1n) is 17.2. The molecule has 0 aromatic rings. The molecule has 5 N–H and O–H groups in total. The molecule has 44 heavy (non-hydrogen) atoms. The Bertz CT molecular complexity index is 1260. The van der Waals surface area contributed by atoms with Crippen LogP contribution < -0.4 is 0 Å². The molecule has 16 unspecified atom stereocenters. The second-order valence-electron chi connectivity index (χ2n) is 17.9. The number of aliphatic hydroxyl groups excluding tert-OH is 4. The Morgan fingerprint density at radius 2 is 1.70 bits per heavy atom. The van der Waals surface area contributed by atoms with Crippen LogP contribution in [0.25, 0.3) is 0 Å². The van der Waals surface area contributed by atoms with Gasteiger partial charge >= 0.3 is 0 Å². The van der Waals surface area contributed by atoms with Gasteiger partial charge in [0.05, 0.1) is 24.4 Å². The van der Waals surface area contributed by atoms with Crippen molar-refractivity contribution in [2.45, 2.75) is 154 Å². The Balaban J connectivity index is 1.08. The lowest BCUT2D eigenvalue weighted by molar-refractivity contribution is -0.300. The highest BCUT2D eigenvalue weighted by molar-refractivity contribution is 5.46. The minimum atomic E-state index is -1.28. The molecule has 4 saturated carbocycles. The van der Waals surface area contributed by atoms with Crippen molar-refractivity contribution in [2.24, 2.45) is 44.8 Å². The maximum atomic E-state index is 11.6. The van der Waals surface area contributed by atoms with Gasteiger partial charge in [0, 0.05) is 0 Å². The zero-order valence-corrected chi connectivity index (χ0v) is 27.5. The summed E-state index contributed by atoms with van der Waals surface area (Å²) < 4.78 is 24.9. The highest BCUT2D eigenvalue weighted by Crippen LogP contribution is 2.88. The zero-order valence-electron chi connectivity index (χ0n) is 27.5. The SMILES string of the molecule is CC1C(O)C2(OC3CC4(C)C5=CCC6C(C)(C)C(OC7OCC(O)C(O)C7O)CCC67CC57CCC4(C)C31)OC2C(C)(C)O. The van der Waals surface area contributed by atoms with E-state index in [2.05, 4.69) is 40.7 Å². The Morgan fingerprint density at radius 3 is 2.39 bits per heavy atom. The fourth-order valence-electron chi connectivity index (χ4n) is 12.9. The van der Waals surface area contributed by atoms with Gasteiger partial charge in [-0.15, -0.1) is 0 Å². The van der Waals surface area contributed by atoms with Crippen molar-refractivity contribution >= 4 is 0 Å². The van der Waals surface area contributed by atoms with Crippen molar-refractivity contribution in [3.8, 4) is 0 Å². The van der Waals surface area contributed by atoms with Crippen LogP contribution in [0.3, 0.4) is 0 Å². The van der Waals surface area contributed by atoms with Gasteiger partial charge in [-0.1, -0.05) is 46.3 Å². The summed E-state index contributed by atoms with van der Waals surface area (Å²) in [5.74, 6) is -0.481. The number of rotatable bonds is 3. The molecule has 8 rings (SSSR count). The molecule has 3 spiro atoms. The molecule has 5 aliphatic carbocycles. The van der Waals surface area contributed by atoms with Gasteiger partial charge in [0.2, 0.25) is 5.79 Å². The van der Waals surface area contributed by atoms with Crippen LogP contribution in [-0.2, 0) is 18.9 Å². The molecule has 248 valence electrons. The summed E-state index contributed by atoms with van der Waals surface area (Å²) >= 11 is 0. The van der Waals surface area contributed by atoms with E-state index in [0.717, 1.165) is 38.5 Å². The number of aliphatic hydroxyl groups is 5. The molecular weight excluding hydrogens is 564 g/mol. The van der Waals surface area contributed by atoms with Gasteiger partial charge in [-0.05, 0) is 104 Å². The van der Waals surface area contributed by atoms with Gasteiger partial charge in [0.1, 0.15) is 30.5 Å². The molecular formula is C35H54O9. The number of ether oxygens (including phenoxy) is 4. The molecule has 0 amide bonds. The molecule has 0 aromatic heterocycles. The fraction of sp³-hybridized carbons (Fsp3) is 0.943. The van der Waals surface area contributed by atoms with E-state index in [4.69, 9.17) is 18.9 Å². The Morgan fingerprint density at radius 1 is 0.977 bits per heavy atom. The largest absolute Gasteiger partial charge is 0.388 e. The van der Waals surface area contributed by atoms with Crippen LogP contribution >= 0.6 is 0 Å². The van der Waals surface area contributed by atoms with Gasteiger partial charge in [0.25, 0.3) is 0 Å². The summed E-state index contributed by atoms with van der Waals surface area (Å²) in [7, 11) is 0. The summed E-state index contributed by atoms with van der Waals surface area (Å²) in [6.07, 6.45) is 3.77. The van der Waals surface area contributed by atoms with Crippen LogP contribution in [0.1, 0.15) is 93.4 Å². The van der Waals surface area contributed by atoms with Crippen molar-refractivity contribution in [1.29, 1.82) is 0 Å². The summed E-state index contributed by atoms with van der Waals surface area (Å²) in [4.78, 5) is 0. The van der Waals surface area contributed by atoms with Crippen molar-refractivity contribution in [3.05, 3.63) is 11.6 Å². The molecule has 8 aliphatic rings. The van der Waals surface area contributed by atoms with Crippen LogP contribution in [0.15, 0.2) is 11.6 Å². The van der Waals surface area contributed by atoms with Crippen LogP contribution in [0.2, 0.25) is 0 Å². The maximum absolute atomic E-state index is 11.6. The van der Waals surface area contributed by atoms with Gasteiger partial charge in [-0.3, -0.25) is 0 Å². The van der Waals surface area contributed by atoms with Crippen LogP contribution in [0.4, 0.5) is 0 Å². The van der Waals surface area contributed by atoms with E-state index in [1.165, 1.54) is 6.42 Å². The normalized spacial score (nSPS) is 60.4.